The van der Waals surface area contributed by atoms with Gasteiger partial charge in [-0.2, -0.15) is 0 Å². The fraction of sp³-hybridized carbons (Fsp3) is 0.423. The van der Waals surface area contributed by atoms with Crippen LogP contribution < -0.4 is 0 Å². The number of carbonyl (C=O) groups excluding carboxylic acids is 1. The van der Waals surface area contributed by atoms with Crippen molar-refractivity contribution in [2.45, 2.75) is 65.6 Å². The Morgan fingerprint density at radius 1 is 1.03 bits per heavy atom. The first-order valence-corrected chi connectivity index (χ1v) is 13.9. The third kappa shape index (κ3) is 4.94. The Kier molecular flexibility index (Phi) is 6.49. The lowest BCUT2D eigenvalue weighted by Gasteiger charge is -2.35. The molecule has 2 heterocycles. The van der Waals surface area contributed by atoms with Gasteiger partial charge in [-0.3, -0.25) is 4.79 Å². The Bertz CT molecular complexity index is 1030. The zero-order valence-electron chi connectivity index (χ0n) is 20.1. The highest BCUT2D eigenvalue weighted by atomic mass is 28.4. The molecule has 166 valence electrons. The Balaban J connectivity index is 1.92. The largest absolute Gasteiger partial charge is 0.409 e. The van der Waals surface area contributed by atoms with Crippen molar-refractivity contribution in [3.05, 3.63) is 81.9 Å². The summed E-state index contributed by atoms with van der Waals surface area (Å²) in [7, 11) is -1.97. The Morgan fingerprint density at radius 2 is 1.68 bits per heavy atom. The van der Waals surface area contributed by atoms with Gasteiger partial charge in [-0.25, -0.2) is 0 Å². The van der Waals surface area contributed by atoms with Crippen LogP contribution in [0.5, 0.6) is 0 Å². The summed E-state index contributed by atoms with van der Waals surface area (Å²) in [6, 6.07) is 12.5. The van der Waals surface area contributed by atoms with E-state index in [-0.39, 0.29) is 23.3 Å². The average Bonchev–Trinajstić information content (AvgIpc) is 3.34. The van der Waals surface area contributed by atoms with Crippen molar-refractivity contribution >= 4 is 14.1 Å². The number of rotatable bonds is 7. The second kappa shape index (κ2) is 8.64. The van der Waals surface area contributed by atoms with Crippen molar-refractivity contribution in [2.75, 3.05) is 6.61 Å². The minimum absolute atomic E-state index is 0.00124. The molecule has 2 N–H and O–H groups in total. The van der Waals surface area contributed by atoms with Gasteiger partial charge in [-0.05, 0) is 79.9 Å². The standard InChI is InChI=1S/C26H36N2O2Si/c1-17-14-18(2)24(19(3)15-17)25(21-10-9-13-27-21)22-12-11-20(28-22)23(29)16-30-31(7,8)26(4,5)6/h9-15,25,27-28H,16H2,1-8H3. The van der Waals surface area contributed by atoms with Crippen LogP contribution in [0.15, 0.2) is 42.6 Å². The second-order valence-electron chi connectivity index (χ2n) is 10.2. The average molecular weight is 437 g/mol. The third-order valence-electron chi connectivity index (χ3n) is 6.65. The van der Waals surface area contributed by atoms with Gasteiger partial charge in [0.05, 0.1) is 18.2 Å². The lowest BCUT2D eigenvalue weighted by Crippen LogP contribution is -2.42. The Morgan fingerprint density at radius 3 is 2.23 bits per heavy atom. The number of ketones is 1. The molecule has 0 aliphatic heterocycles. The number of benzene rings is 1. The van der Waals surface area contributed by atoms with Crippen LogP contribution in [0.25, 0.3) is 0 Å². The molecule has 0 bridgehead atoms. The van der Waals surface area contributed by atoms with Gasteiger partial charge in [0.25, 0.3) is 0 Å². The molecule has 0 saturated heterocycles. The normalized spacial score (nSPS) is 13.4. The number of aromatic amines is 2. The summed E-state index contributed by atoms with van der Waals surface area (Å²) in [5.41, 5.74) is 7.75. The SMILES string of the molecule is Cc1cc(C)c(C(c2ccc[nH]2)c2ccc(C(=O)CO[Si](C)(C)C(C)(C)C)[nH]2)c(C)c1. The molecule has 1 unspecified atom stereocenters. The molecule has 3 rings (SSSR count). The molecule has 0 aliphatic carbocycles. The van der Waals surface area contributed by atoms with Crippen LogP contribution in [0, 0.1) is 20.8 Å². The predicted octanol–water partition coefficient (Wildman–Crippen LogP) is 6.65. The molecular weight excluding hydrogens is 400 g/mol. The number of H-pyrrole nitrogens is 2. The summed E-state index contributed by atoms with van der Waals surface area (Å²) in [5, 5.41) is 0.0768. The summed E-state index contributed by atoms with van der Waals surface area (Å²) >= 11 is 0. The topological polar surface area (TPSA) is 57.9 Å². The van der Waals surface area contributed by atoms with E-state index in [9.17, 15) is 4.79 Å². The molecule has 0 fully saturated rings. The van der Waals surface area contributed by atoms with Gasteiger partial charge in [-0.1, -0.05) is 38.5 Å². The molecule has 1 atom stereocenters. The highest BCUT2D eigenvalue weighted by Crippen LogP contribution is 2.37. The first kappa shape index (κ1) is 23.3. The van der Waals surface area contributed by atoms with E-state index in [2.05, 4.69) is 82.8 Å². The van der Waals surface area contributed by atoms with Crippen LogP contribution in [0.1, 0.15) is 70.8 Å². The molecule has 2 aromatic heterocycles. The molecule has 5 heteroatoms. The van der Waals surface area contributed by atoms with Crippen molar-refractivity contribution in [1.29, 1.82) is 0 Å². The second-order valence-corrected chi connectivity index (χ2v) is 15.0. The summed E-state index contributed by atoms with van der Waals surface area (Å²) < 4.78 is 6.15. The van der Waals surface area contributed by atoms with Crippen LogP contribution >= 0.6 is 0 Å². The van der Waals surface area contributed by atoms with Crippen molar-refractivity contribution in [3.63, 3.8) is 0 Å². The number of nitrogens with one attached hydrogen (secondary N) is 2. The molecule has 1 aromatic carbocycles. The summed E-state index contributed by atoms with van der Waals surface area (Å²) in [4.78, 5) is 19.7. The van der Waals surface area contributed by atoms with Crippen LogP contribution in [0.4, 0.5) is 0 Å². The van der Waals surface area contributed by atoms with Gasteiger partial charge in [0, 0.05) is 17.6 Å². The van der Waals surface area contributed by atoms with Crippen molar-refractivity contribution in [1.82, 2.24) is 9.97 Å². The smallest absolute Gasteiger partial charge is 0.203 e. The van der Waals surface area contributed by atoms with Crippen LogP contribution in [-0.4, -0.2) is 30.7 Å². The van der Waals surface area contributed by atoms with Crippen LogP contribution in [0.3, 0.4) is 0 Å². The molecule has 0 spiro atoms. The summed E-state index contributed by atoms with van der Waals surface area (Å²) in [5.74, 6) is 0.0112. The van der Waals surface area contributed by atoms with E-state index in [1.165, 1.54) is 22.3 Å². The molecule has 31 heavy (non-hydrogen) atoms. The predicted molar refractivity (Wildman–Crippen MR) is 131 cm³/mol. The van der Waals surface area contributed by atoms with Gasteiger partial charge < -0.3 is 14.4 Å². The third-order valence-corrected chi connectivity index (χ3v) is 11.1. The van der Waals surface area contributed by atoms with E-state index in [1.54, 1.807) is 0 Å². The highest BCUT2D eigenvalue weighted by molar-refractivity contribution is 6.74. The molecule has 3 aromatic rings. The number of hydrogen-bond acceptors (Lipinski definition) is 2. The zero-order chi connectivity index (χ0) is 23.0. The maximum Gasteiger partial charge on any atom is 0.203 e. The molecule has 0 radical (unpaired) electrons. The monoisotopic (exact) mass is 436 g/mol. The quantitative estimate of drug-likeness (QED) is 0.322. The van der Waals surface area contributed by atoms with E-state index < -0.39 is 8.32 Å². The maximum atomic E-state index is 12.9. The summed E-state index contributed by atoms with van der Waals surface area (Å²) in [6.45, 7) is 17.5. The van der Waals surface area contributed by atoms with Crippen molar-refractivity contribution in [2.24, 2.45) is 0 Å². The Labute approximate surface area is 187 Å². The lowest BCUT2D eigenvalue weighted by atomic mass is 9.85. The number of hydrogen-bond donors (Lipinski definition) is 2. The molecule has 0 aliphatic rings. The fourth-order valence-electron chi connectivity index (χ4n) is 3.93. The Hall–Kier alpha value is -2.37. The number of aryl methyl sites for hydroxylation is 3. The van der Waals surface area contributed by atoms with Gasteiger partial charge in [-0.15, -0.1) is 0 Å². The molecule has 4 nitrogen and oxygen atoms in total. The fourth-order valence-corrected chi connectivity index (χ4v) is 4.86. The van der Waals surface area contributed by atoms with E-state index in [1.807, 2.05) is 24.4 Å². The number of aromatic nitrogens is 2. The first-order valence-electron chi connectivity index (χ1n) is 11.0. The van der Waals surface area contributed by atoms with E-state index in [4.69, 9.17) is 4.43 Å². The maximum absolute atomic E-state index is 12.9. The number of Topliss-reactive ketones (excluding diaryl/α,β-unsaturated/α-hetero) is 1. The van der Waals surface area contributed by atoms with Gasteiger partial charge in [0.1, 0.15) is 0 Å². The van der Waals surface area contributed by atoms with Crippen LogP contribution in [0.2, 0.25) is 18.1 Å². The van der Waals surface area contributed by atoms with Gasteiger partial charge in [0.2, 0.25) is 5.78 Å². The van der Waals surface area contributed by atoms with Gasteiger partial charge in [0.15, 0.2) is 8.32 Å². The van der Waals surface area contributed by atoms with E-state index >= 15 is 0 Å². The van der Waals surface area contributed by atoms with E-state index in [0.29, 0.717) is 5.69 Å². The van der Waals surface area contributed by atoms with E-state index in [0.717, 1.165) is 11.4 Å². The lowest BCUT2D eigenvalue weighted by molar-refractivity contribution is 0.0906. The molecular formula is C26H36N2O2Si. The number of carbonyl (C=O) groups is 1. The van der Waals surface area contributed by atoms with Crippen molar-refractivity contribution in [3.8, 4) is 0 Å². The minimum Gasteiger partial charge on any atom is -0.409 e. The molecule has 0 amide bonds. The van der Waals surface area contributed by atoms with Crippen LogP contribution in [-0.2, 0) is 4.43 Å². The first-order chi connectivity index (χ1) is 14.4. The van der Waals surface area contributed by atoms with Gasteiger partial charge >= 0.3 is 0 Å². The molecule has 0 saturated carbocycles. The highest BCUT2D eigenvalue weighted by Gasteiger charge is 2.37. The summed E-state index contributed by atoms with van der Waals surface area (Å²) in [6.07, 6.45) is 1.95. The van der Waals surface area contributed by atoms with Crippen molar-refractivity contribution < 1.29 is 9.22 Å². The minimum atomic E-state index is -1.97. The zero-order valence-corrected chi connectivity index (χ0v) is 21.1.